The highest BCUT2D eigenvalue weighted by Gasteiger charge is 2.13. The van der Waals surface area contributed by atoms with E-state index in [1.807, 2.05) is 30.3 Å². The van der Waals surface area contributed by atoms with Gasteiger partial charge >= 0.3 is 0 Å². The smallest absolute Gasteiger partial charge is 0.162 e. The third-order valence-corrected chi connectivity index (χ3v) is 3.56. The van der Waals surface area contributed by atoms with Crippen molar-refractivity contribution in [1.29, 1.82) is 0 Å². The standard InChI is InChI=1S/C14H12BrN3O2/c1-19-10-6-9(7-11(8-10)20-2)14-17-13(15)12-4-3-5-16-18(12)14/h3-8H,1-2H3. The number of methoxy groups -OCH3 is 2. The number of fused-ring (bicyclic) bond motifs is 1. The van der Waals surface area contributed by atoms with Crippen molar-refractivity contribution in [2.75, 3.05) is 14.2 Å². The van der Waals surface area contributed by atoms with Crippen molar-refractivity contribution < 1.29 is 9.47 Å². The summed E-state index contributed by atoms with van der Waals surface area (Å²) in [6, 6.07) is 9.45. The predicted octanol–water partition coefficient (Wildman–Crippen LogP) is 3.18. The lowest BCUT2D eigenvalue weighted by Gasteiger charge is -2.07. The lowest BCUT2D eigenvalue weighted by atomic mass is 10.2. The Bertz CT molecular complexity index is 748. The number of halogens is 1. The van der Waals surface area contributed by atoms with Gasteiger partial charge in [-0.15, -0.1) is 0 Å². The second kappa shape index (κ2) is 5.13. The van der Waals surface area contributed by atoms with Crippen LogP contribution < -0.4 is 9.47 Å². The molecule has 0 aliphatic heterocycles. The number of nitrogens with zero attached hydrogens (tertiary/aromatic N) is 3. The normalized spacial score (nSPS) is 10.8. The summed E-state index contributed by atoms with van der Waals surface area (Å²) in [6.07, 6.45) is 1.72. The van der Waals surface area contributed by atoms with Crippen LogP contribution in [0, 0.1) is 0 Å². The Hall–Kier alpha value is -2.08. The summed E-state index contributed by atoms with van der Waals surface area (Å²) in [5, 5.41) is 4.33. The molecule has 0 bridgehead atoms. The molecule has 0 N–H and O–H groups in total. The van der Waals surface area contributed by atoms with E-state index in [4.69, 9.17) is 9.47 Å². The van der Waals surface area contributed by atoms with Crippen LogP contribution in [0.3, 0.4) is 0 Å². The van der Waals surface area contributed by atoms with E-state index >= 15 is 0 Å². The van der Waals surface area contributed by atoms with Crippen LogP contribution in [0.25, 0.3) is 16.9 Å². The predicted molar refractivity (Wildman–Crippen MR) is 79.2 cm³/mol. The zero-order valence-electron chi connectivity index (χ0n) is 11.0. The molecule has 0 fully saturated rings. The van der Waals surface area contributed by atoms with Crippen molar-refractivity contribution in [2.45, 2.75) is 0 Å². The maximum Gasteiger partial charge on any atom is 0.162 e. The Morgan fingerprint density at radius 3 is 2.45 bits per heavy atom. The molecule has 0 atom stereocenters. The molecular weight excluding hydrogens is 322 g/mol. The molecule has 1 aromatic carbocycles. The van der Waals surface area contributed by atoms with Crippen LogP contribution in [0.5, 0.6) is 11.5 Å². The lowest BCUT2D eigenvalue weighted by molar-refractivity contribution is 0.394. The van der Waals surface area contributed by atoms with Crippen LogP contribution in [-0.2, 0) is 0 Å². The van der Waals surface area contributed by atoms with E-state index in [0.29, 0.717) is 11.5 Å². The first-order chi connectivity index (χ1) is 9.72. The molecule has 0 spiro atoms. The topological polar surface area (TPSA) is 48.7 Å². The molecule has 0 radical (unpaired) electrons. The highest BCUT2D eigenvalue weighted by atomic mass is 79.9. The quantitative estimate of drug-likeness (QED) is 0.738. The number of aromatic nitrogens is 3. The largest absolute Gasteiger partial charge is 0.497 e. The minimum absolute atomic E-state index is 0.711. The Balaban J connectivity index is 2.25. The number of imidazole rings is 1. The first kappa shape index (κ1) is 12.9. The number of hydrogen-bond donors (Lipinski definition) is 0. The lowest BCUT2D eigenvalue weighted by Crippen LogP contribution is -1.95. The summed E-state index contributed by atoms with van der Waals surface area (Å²) in [4.78, 5) is 4.52. The van der Waals surface area contributed by atoms with Gasteiger partial charge in [0, 0.05) is 17.8 Å². The maximum absolute atomic E-state index is 5.29. The molecule has 0 aliphatic carbocycles. The Kier molecular flexibility index (Phi) is 3.31. The molecule has 2 aromatic heterocycles. The van der Waals surface area contributed by atoms with E-state index in [2.05, 4.69) is 26.0 Å². The fourth-order valence-electron chi connectivity index (χ4n) is 2.02. The van der Waals surface area contributed by atoms with E-state index in [1.54, 1.807) is 24.9 Å². The second-order valence-electron chi connectivity index (χ2n) is 4.15. The average molecular weight is 334 g/mol. The molecule has 0 saturated carbocycles. The number of ether oxygens (including phenoxy) is 2. The van der Waals surface area contributed by atoms with Crippen molar-refractivity contribution in [3.05, 3.63) is 41.1 Å². The molecule has 2 heterocycles. The second-order valence-corrected chi connectivity index (χ2v) is 4.90. The van der Waals surface area contributed by atoms with Crippen LogP contribution in [0.1, 0.15) is 0 Å². The van der Waals surface area contributed by atoms with E-state index in [-0.39, 0.29) is 0 Å². The van der Waals surface area contributed by atoms with Crippen LogP contribution in [0.2, 0.25) is 0 Å². The summed E-state index contributed by atoms with van der Waals surface area (Å²) < 4.78 is 13.1. The zero-order chi connectivity index (χ0) is 14.1. The molecule has 0 unspecified atom stereocenters. The number of benzene rings is 1. The third-order valence-electron chi connectivity index (χ3n) is 2.98. The van der Waals surface area contributed by atoms with Crippen molar-refractivity contribution >= 4 is 21.4 Å². The summed E-state index contributed by atoms with van der Waals surface area (Å²) in [6.45, 7) is 0. The van der Waals surface area contributed by atoms with Gasteiger partial charge in [-0.1, -0.05) is 0 Å². The third kappa shape index (κ3) is 2.12. The molecule has 3 aromatic rings. The van der Waals surface area contributed by atoms with Gasteiger partial charge in [0.05, 0.1) is 19.7 Å². The average Bonchev–Trinajstić information content (AvgIpc) is 2.84. The summed E-state index contributed by atoms with van der Waals surface area (Å²) >= 11 is 3.45. The highest BCUT2D eigenvalue weighted by Crippen LogP contribution is 2.31. The highest BCUT2D eigenvalue weighted by molar-refractivity contribution is 9.10. The van der Waals surface area contributed by atoms with Crippen molar-refractivity contribution in [1.82, 2.24) is 14.6 Å². The maximum atomic E-state index is 5.29. The van der Waals surface area contributed by atoms with Crippen molar-refractivity contribution in [2.24, 2.45) is 0 Å². The molecule has 0 aliphatic rings. The zero-order valence-corrected chi connectivity index (χ0v) is 12.6. The first-order valence-corrected chi connectivity index (χ1v) is 6.75. The van der Waals surface area contributed by atoms with E-state index < -0.39 is 0 Å². The molecule has 5 nitrogen and oxygen atoms in total. The molecule has 6 heteroatoms. The van der Waals surface area contributed by atoms with Gasteiger partial charge in [-0.05, 0) is 40.2 Å². The first-order valence-electron chi connectivity index (χ1n) is 5.95. The van der Waals surface area contributed by atoms with Crippen LogP contribution in [0.15, 0.2) is 41.1 Å². The van der Waals surface area contributed by atoms with E-state index in [1.165, 1.54) is 0 Å². The molecule has 20 heavy (non-hydrogen) atoms. The molecule has 102 valence electrons. The fraction of sp³-hybridized carbons (Fsp3) is 0.143. The molecular formula is C14H12BrN3O2. The summed E-state index contributed by atoms with van der Waals surface area (Å²) in [5.74, 6) is 2.15. The van der Waals surface area contributed by atoms with Gasteiger partial charge in [-0.2, -0.15) is 5.10 Å². The SMILES string of the molecule is COc1cc(OC)cc(-c2nc(Br)c3cccnn23)c1. The summed E-state index contributed by atoms with van der Waals surface area (Å²) in [5.41, 5.74) is 1.78. The minimum atomic E-state index is 0.711. The van der Waals surface area contributed by atoms with E-state index in [0.717, 1.165) is 21.5 Å². The molecule has 0 amide bonds. The molecule has 3 rings (SSSR count). The minimum Gasteiger partial charge on any atom is -0.497 e. The van der Waals surface area contributed by atoms with Gasteiger partial charge in [0.15, 0.2) is 5.82 Å². The van der Waals surface area contributed by atoms with Gasteiger partial charge in [0.1, 0.15) is 16.1 Å². The Morgan fingerprint density at radius 2 is 1.80 bits per heavy atom. The monoisotopic (exact) mass is 333 g/mol. The van der Waals surface area contributed by atoms with Crippen LogP contribution in [-0.4, -0.2) is 28.8 Å². The number of hydrogen-bond acceptors (Lipinski definition) is 4. The van der Waals surface area contributed by atoms with Gasteiger partial charge in [-0.25, -0.2) is 9.50 Å². The van der Waals surface area contributed by atoms with Gasteiger partial charge in [0.2, 0.25) is 0 Å². The van der Waals surface area contributed by atoms with Crippen LogP contribution >= 0.6 is 15.9 Å². The van der Waals surface area contributed by atoms with Gasteiger partial charge < -0.3 is 9.47 Å². The van der Waals surface area contributed by atoms with Crippen molar-refractivity contribution in [3.63, 3.8) is 0 Å². The van der Waals surface area contributed by atoms with Crippen LogP contribution in [0.4, 0.5) is 0 Å². The molecule has 0 saturated heterocycles. The number of rotatable bonds is 3. The summed E-state index contributed by atoms with van der Waals surface area (Å²) in [7, 11) is 3.24. The van der Waals surface area contributed by atoms with Gasteiger partial charge in [-0.3, -0.25) is 0 Å². The van der Waals surface area contributed by atoms with E-state index in [9.17, 15) is 0 Å². The van der Waals surface area contributed by atoms with Gasteiger partial charge in [0.25, 0.3) is 0 Å². The fourth-order valence-corrected chi connectivity index (χ4v) is 2.49. The van der Waals surface area contributed by atoms with Crippen molar-refractivity contribution in [3.8, 4) is 22.9 Å². The Labute approximate surface area is 124 Å². The Morgan fingerprint density at radius 1 is 1.10 bits per heavy atom.